The van der Waals surface area contributed by atoms with Crippen molar-refractivity contribution in [3.63, 3.8) is 0 Å². The van der Waals surface area contributed by atoms with Crippen LogP contribution in [0.3, 0.4) is 0 Å². The molecule has 1 aliphatic rings. The van der Waals surface area contributed by atoms with Crippen molar-refractivity contribution in [3.8, 4) is 0 Å². The van der Waals surface area contributed by atoms with Gasteiger partial charge in [-0.1, -0.05) is 28.1 Å². The van der Waals surface area contributed by atoms with Crippen molar-refractivity contribution >= 4 is 43.0 Å². The topological polar surface area (TPSA) is 114 Å². The van der Waals surface area contributed by atoms with Crippen LogP contribution in [0.5, 0.6) is 0 Å². The number of non-ortho nitro benzene ring substituents is 1. The number of nitrogens with one attached hydrogen (secondary N) is 1. The highest BCUT2D eigenvalue weighted by atomic mass is 79.9. The van der Waals surface area contributed by atoms with Gasteiger partial charge in [0.1, 0.15) is 4.90 Å². The number of rotatable bonds is 6. The van der Waals surface area contributed by atoms with Crippen molar-refractivity contribution in [1.29, 1.82) is 0 Å². The zero-order valence-electron chi connectivity index (χ0n) is 15.5. The standard InChI is InChI=1S/C18H19BrN4O5S/c1-13(14-2-4-15(19)5-3-14)20-21-17-7-6-16(23(24)25)12-18(17)29(26,27)22-8-10-28-11-9-22/h2-7,12,21H,8-11H2,1H3/b20-13-. The molecule has 1 N–H and O–H groups in total. The average Bonchev–Trinajstić information content (AvgIpc) is 2.73. The van der Waals surface area contributed by atoms with Crippen LogP contribution in [0.2, 0.25) is 0 Å². The highest BCUT2D eigenvalue weighted by Crippen LogP contribution is 2.29. The predicted molar refractivity (Wildman–Crippen MR) is 113 cm³/mol. The summed E-state index contributed by atoms with van der Waals surface area (Å²) in [5, 5.41) is 15.4. The maximum Gasteiger partial charge on any atom is 0.270 e. The maximum absolute atomic E-state index is 13.1. The Hall–Kier alpha value is -2.34. The van der Waals surface area contributed by atoms with E-state index in [0.29, 0.717) is 5.71 Å². The second-order valence-corrected chi connectivity index (χ2v) is 9.09. The molecular weight excluding hydrogens is 464 g/mol. The normalized spacial score (nSPS) is 15.9. The highest BCUT2D eigenvalue weighted by Gasteiger charge is 2.30. The molecule has 2 aromatic carbocycles. The number of halogens is 1. The number of nitrogens with zero attached hydrogens (tertiary/aromatic N) is 3. The highest BCUT2D eigenvalue weighted by molar-refractivity contribution is 9.10. The van der Waals surface area contributed by atoms with Gasteiger partial charge >= 0.3 is 0 Å². The first-order chi connectivity index (χ1) is 13.8. The molecule has 1 aliphatic heterocycles. The van der Waals surface area contributed by atoms with E-state index in [1.807, 2.05) is 24.3 Å². The molecule has 1 saturated heterocycles. The molecule has 0 amide bonds. The molecule has 0 aliphatic carbocycles. The van der Waals surface area contributed by atoms with E-state index in [0.717, 1.165) is 16.1 Å². The summed E-state index contributed by atoms with van der Waals surface area (Å²) in [7, 11) is -3.96. The summed E-state index contributed by atoms with van der Waals surface area (Å²) in [6.07, 6.45) is 0. The molecule has 3 rings (SSSR count). The van der Waals surface area contributed by atoms with Crippen LogP contribution in [0.25, 0.3) is 0 Å². The van der Waals surface area contributed by atoms with Gasteiger partial charge in [0.2, 0.25) is 10.0 Å². The van der Waals surface area contributed by atoms with Gasteiger partial charge in [-0.3, -0.25) is 15.5 Å². The van der Waals surface area contributed by atoms with Crippen LogP contribution >= 0.6 is 15.9 Å². The second kappa shape index (κ2) is 8.99. The number of nitro benzene ring substituents is 1. The van der Waals surface area contributed by atoms with E-state index in [9.17, 15) is 18.5 Å². The second-order valence-electron chi connectivity index (χ2n) is 6.27. The number of hydrogen-bond acceptors (Lipinski definition) is 7. The number of sulfonamides is 1. The number of anilines is 1. The molecule has 0 aromatic heterocycles. The van der Waals surface area contributed by atoms with Crippen LogP contribution < -0.4 is 5.43 Å². The third-order valence-corrected chi connectivity index (χ3v) is 6.84. The van der Waals surface area contributed by atoms with Crippen molar-refractivity contribution in [2.24, 2.45) is 5.10 Å². The number of nitro groups is 1. The lowest BCUT2D eigenvalue weighted by Crippen LogP contribution is -2.40. The molecule has 0 saturated carbocycles. The quantitative estimate of drug-likeness (QED) is 0.384. The smallest absolute Gasteiger partial charge is 0.270 e. The minimum absolute atomic E-state index is 0.165. The van der Waals surface area contributed by atoms with E-state index in [1.165, 1.54) is 16.4 Å². The van der Waals surface area contributed by atoms with E-state index in [-0.39, 0.29) is 42.6 Å². The van der Waals surface area contributed by atoms with Crippen molar-refractivity contribution in [2.45, 2.75) is 11.8 Å². The molecule has 0 radical (unpaired) electrons. The van der Waals surface area contributed by atoms with Gasteiger partial charge < -0.3 is 4.74 Å². The largest absolute Gasteiger partial charge is 0.379 e. The van der Waals surface area contributed by atoms with Crippen molar-refractivity contribution in [2.75, 3.05) is 31.7 Å². The van der Waals surface area contributed by atoms with Gasteiger partial charge in [-0.2, -0.15) is 9.41 Å². The lowest BCUT2D eigenvalue weighted by molar-refractivity contribution is -0.385. The number of morpholine rings is 1. The van der Waals surface area contributed by atoms with E-state index in [2.05, 4.69) is 26.5 Å². The lowest BCUT2D eigenvalue weighted by atomic mass is 10.1. The van der Waals surface area contributed by atoms with Gasteiger partial charge in [-0.05, 0) is 30.7 Å². The van der Waals surface area contributed by atoms with E-state index >= 15 is 0 Å². The molecule has 11 heteroatoms. The van der Waals surface area contributed by atoms with Gasteiger partial charge in [-0.25, -0.2) is 8.42 Å². The van der Waals surface area contributed by atoms with Crippen LogP contribution in [-0.2, 0) is 14.8 Å². The molecule has 1 heterocycles. The molecule has 2 aromatic rings. The van der Waals surface area contributed by atoms with Crippen LogP contribution in [0, 0.1) is 10.1 Å². The Kier molecular flexibility index (Phi) is 6.63. The summed E-state index contributed by atoms with van der Waals surface area (Å²) < 4.78 is 33.6. The van der Waals surface area contributed by atoms with Crippen LogP contribution in [0.1, 0.15) is 12.5 Å². The molecule has 0 bridgehead atoms. The summed E-state index contributed by atoms with van der Waals surface area (Å²) in [5.74, 6) is 0. The fraction of sp³-hybridized carbons (Fsp3) is 0.278. The van der Waals surface area contributed by atoms with Crippen molar-refractivity contribution < 1.29 is 18.1 Å². The van der Waals surface area contributed by atoms with Gasteiger partial charge in [0.15, 0.2) is 0 Å². The molecule has 154 valence electrons. The van der Waals surface area contributed by atoms with Crippen molar-refractivity contribution in [3.05, 3.63) is 62.6 Å². The summed E-state index contributed by atoms with van der Waals surface area (Å²) >= 11 is 3.37. The fourth-order valence-electron chi connectivity index (χ4n) is 2.76. The average molecular weight is 483 g/mol. The minimum Gasteiger partial charge on any atom is -0.379 e. The Morgan fingerprint density at radius 1 is 1.21 bits per heavy atom. The Bertz CT molecular complexity index is 1030. The maximum atomic E-state index is 13.1. The summed E-state index contributed by atoms with van der Waals surface area (Å²) in [6, 6.07) is 11.1. The summed E-state index contributed by atoms with van der Waals surface area (Å²) in [5.41, 5.74) is 4.09. The zero-order chi connectivity index (χ0) is 21.0. The van der Waals surface area contributed by atoms with Crippen LogP contribution in [-0.4, -0.2) is 49.7 Å². The third-order valence-electron chi connectivity index (χ3n) is 4.37. The first-order valence-electron chi connectivity index (χ1n) is 8.71. The molecule has 1 fully saturated rings. The zero-order valence-corrected chi connectivity index (χ0v) is 17.9. The van der Waals surface area contributed by atoms with Gasteiger partial charge in [-0.15, -0.1) is 0 Å². The predicted octanol–water partition coefficient (Wildman–Crippen LogP) is 3.21. The Morgan fingerprint density at radius 3 is 2.48 bits per heavy atom. The first kappa shape index (κ1) is 21.4. The molecular formula is C18H19BrN4O5S. The molecule has 9 nitrogen and oxygen atoms in total. The lowest BCUT2D eigenvalue weighted by Gasteiger charge is -2.26. The SMILES string of the molecule is C/C(=N/Nc1ccc([N+](=O)[O-])cc1S(=O)(=O)N1CCOCC1)c1ccc(Br)cc1. The Balaban J connectivity index is 1.96. The molecule has 0 atom stereocenters. The number of ether oxygens (including phenoxy) is 1. The van der Waals surface area contributed by atoms with Crippen molar-refractivity contribution in [1.82, 2.24) is 4.31 Å². The number of benzene rings is 2. The number of hydrazone groups is 1. The monoisotopic (exact) mass is 482 g/mol. The fourth-order valence-corrected chi connectivity index (χ4v) is 4.59. The minimum atomic E-state index is -3.96. The molecule has 29 heavy (non-hydrogen) atoms. The summed E-state index contributed by atoms with van der Waals surface area (Å²) in [4.78, 5) is 10.4. The Morgan fingerprint density at radius 2 is 1.86 bits per heavy atom. The van der Waals surface area contributed by atoms with Crippen LogP contribution in [0.15, 0.2) is 56.9 Å². The van der Waals surface area contributed by atoms with Crippen LogP contribution in [0.4, 0.5) is 11.4 Å². The van der Waals surface area contributed by atoms with Gasteiger partial charge in [0, 0.05) is 29.7 Å². The summed E-state index contributed by atoms with van der Waals surface area (Å²) in [6.45, 7) is 2.70. The Labute approximate surface area is 176 Å². The third kappa shape index (κ3) is 4.99. The van der Waals surface area contributed by atoms with Gasteiger partial charge in [0.05, 0.1) is 29.5 Å². The number of hydrogen-bond donors (Lipinski definition) is 1. The van der Waals surface area contributed by atoms with Gasteiger partial charge in [0.25, 0.3) is 5.69 Å². The van der Waals surface area contributed by atoms with E-state index in [4.69, 9.17) is 4.74 Å². The van der Waals surface area contributed by atoms with E-state index < -0.39 is 14.9 Å². The molecule has 0 unspecified atom stereocenters. The molecule has 0 spiro atoms. The van der Waals surface area contributed by atoms with E-state index in [1.54, 1.807) is 6.92 Å². The first-order valence-corrected chi connectivity index (χ1v) is 10.9.